The minimum Gasteiger partial charge on any atom is -0.393 e. The van der Waals surface area contributed by atoms with E-state index in [0.29, 0.717) is 23.3 Å². The molecule has 3 N–H and O–H groups in total. The molecule has 1 aliphatic heterocycles. The lowest BCUT2D eigenvalue weighted by Gasteiger charge is -2.16. The van der Waals surface area contributed by atoms with Crippen molar-refractivity contribution < 1.29 is 14.8 Å². The number of rotatable bonds is 4. The Morgan fingerprint density at radius 2 is 2.00 bits per heavy atom. The molecule has 1 aliphatic rings. The number of nitrogens with two attached hydrogens (primary N) is 1. The van der Waals surface area contributed by atoms with Crippen molar-refractivity contribution in [1.82, 2.24) is 9.97 Å². The van der Waals surface area contributed by atoms with E-state index in [1.165, 1.54) is 18.5 Å². The maximum Gasteiger partial charge on any atom is 0.293 e. The summed E-state index contributed by atoms with van der Waals surface area (Å²) in [4.78, 5) is 19.2. The number of nitro benzene ring substituents is 1. The fourth-order valence-corrected chi connectivity index (χ4v) is 2.86. The Labute approximate surface area is 144 Å². The zero-order valence-electron chi connectivity index (χ0n) is 14.1. The number of nitrogen functional groups attached to an aromatic ring is 1. The monoisotopic (exact) mass is 344 g/mol. The van der Waals surface area contributed by atoms with Gasteiger partial charge in [0, 0.05) is 36.2 Å². The van der Waals surface area contributed by atoms with Gasteiger partial charge in [-0.2, -0.15) is 0 Å². The quantitative estimate of drug-likeness (QED) is 0.496. The van der Waals surface area contributed by atoms with Crippen molar-refractivity contribution in [2.75, 3.05) is 12.3 Å². The fourth-order valence-electron chi connectivity index (χ4n) is 2.86. The molecule has 0 amide bonds. The van der Waals surface area contributed by atoms with E-state index < -0.39 is 10.5 Å². The highest BCUT2D eigenvalue weighted by molar-refractivity contribution is 5.75. The minimum atomic E-state index is -1.16. The average Bonchev–Trinajstić information content (AvgIpc) is 3.08. The standard InChI is InChI=1S/C17H20N4O4/c1-17(2,22)16-19-8-11(9-20-16)10-6-12(14-4-3-5-25-14)15(18)13(7-10)21(23)24/h6-9,14,22H,3-5,18H2,1-2H3. The van der Waals surface area contributed by atoms with Gasteiger partial charge in [-0.15, -0.1) is 0 Å². The van der Waals surface area contributed by atoms with Gasteiger partial charge in [0.25, 0.3) is 5.69 Å². The third-order valence-electron chi connectivity index (χ3n) is 4.20. The third-order valence-corrected chi connectivity index (χ3v) is 4.20. The van der Waals surface area contributed by atoms with Crippen LogP contribution >= 0.6 is 0 Å². The first-order valence-corrected chi connectivity index (χ1v) is 8.02. The molecule has 132 valence electrons. The molecule has 1 aromatic carbocycles. The molecule has 8 nitrogen and oxygen atoms in total. The normalized spacial score (nSPS) is 17.6. The molecule has 0 aliphatic carbocycles. The Kier molecular flexibility index (Phi) is 4.40. The third kappa shape index (κ3) is 3.45. The summed E-state index contributed by atoms with van der Waals surface area (Å²) >= 11 is 0. The summed E-state index contributed by atoms with van der Waals surface area (Å²) < 4.78 is 5.64. The van der Waals surface area contributed by atoms with Crippen molar-refractivity contribution in [2.45, 2.75) is 38.4 Å². The van der Waals surface area contributed by atoms with Crippen LogP contribution in [0.25, 0.3) is 11.1 Å². The summed E-state index contributed by atoms with van der Waals surface area (Å²) in [7, 11) is 0. The van der Waals surface area contributed by atoms with Gasteiger partial charge in [-0.25, -0.2) is 9.97 Å². The first-order chi connectivity index (χ1) is 11.8. The maximum absolute atomic E-state index is 11.4. The first kappa shape index (κ1) is 17.2. The van der Waals surface area contributed by atoms with Crippen molar-refractivity contribution >= 4 is 11.4 Å². The van der Waals surface area contributed by atoms with Crippen LogP contribution in [-0.2, 0) is 10.3 Å². The van der Waals surface area contributed by atoms with Gasteiger partial charge in [0.2, 0.25) is 0 Å². The van der Waals surface area contributed by atoms with Gasteiger partial charge in [-0.1, -0.05) is 0 Å². The molecule has 0 bridgehead atoms. The van der Waals surface area contributed by atoms with Crippen molar-refractivity contribution in [3.05, 3.63) is 46.0 Å². The van der Waals surface area contributed by atoms with Gasteiger partial charge in [0.15, 0.2) is 5.82 Å². The highest BCUT2D eigenvalue weighted by Gasteiger charge is 2.26. The predicted molar refractivity (Wildman–Crippen MR) is 91.7 cm³/mol. The van der Waals surface area contributed by atoms with Gasteiger partial charge < -0.3 is 15.6 Å². The highest BCUT2D eigenvalue weighted by Crippen LogP contribution is 2.39. The number of aliphatic hydroxyl groups is 1. The number of anilines is 1. The van der Waals surface area contributed by atoms with Crippen LogP contribution < -0.4 is 5.73 Å². The van der Waals surface area contributed by atoms with Crippen molar-refractivity contribution in [3.63, 3.8) is 0 Å². The molecule has 1 saturated heterocycles. The highest BCUT2D eigenvalue weighted by atomic mass is 16.6. The number of hydrogen-bond acceptors (Lipinski definition) is 7. The Balaban J connectivity index is 2.07. The second-order valence-electron chi connectivity index (χ2n) is 6.61. The fraction of sp³-hybridized carbons (Fsp3) is 0.412. The summed E-state index contributed by atoms with van der Waals surface area (Å²) in [5.41, 5.74) is 6.64. The predicted octanol–water partition coefficient (Wildman–Crippen LogP) is 2.71. The lowest BCUT2D eigenvalue weighted by atomic mass is 9.97. The Hall–Kier alpha value is -2.58. The van der Waals surface area contributed by atoms with Crippen LogP contribution in [0.4, 0.5) is 11.4 Å². The second-order valence-corrected chi connectivity index (χ2v) is 6.61. The molecule has 1 fully saturated rings. The number of aromatic nitrogens is 2. The van der Waals surface area contributed by atoms with Crippen LogP contribution in [0.1, 0.15) is 44.2 Å². The summed E-state index contributed by atoms with van der Waals surface area (Å²) in [6, 6.07) is 3.21. The molecule has 0 spiro atoms. The SMILES string of the molecule is CC(C)(O)c1ncc(-c2cc(C3CCCO3)c(N)c([N+](=O)[O-])c2)cn1. The lowest BCUT2D eigenvalue weighted by Crippen LogP contribution is -2.19. The van der Waals surface area contributed by atoms with Gasteiger partial charge in [-0.3, -0.25) is 10.1 Å². The first-order valence-electron chi connectivity index (χ1n) is 8.02. The van der Waals surface area contributed by atoms with Crippen LogP contribution in [0.3, 0.4) is 0 Å². The molecular weight excluding hydrogens is 324 g/mol. The van der Waals surface area contributed by atoms with Crippen LogP contribution in [0.15, 0.2) is 24.5 Å². The van der Waals surface area contributed by atoms with Gasteiger partial charge in [0.05, 0.1) is 11.0 Å². The summed E-state index contributed by atoms with van der Waals surface area (Å²) in [6.07, 6.45) is 4.50. The lowest BCUT2D eigenvalue weighted by molar-refractivity contribution is -0.383. The molecule has 1 unspecified atom stereocenters. The minimum absolute atomic E-state index is 0.134. The van der Waals surface area contributed by atoms with Crippen LogP contribution in [0, 0.1) is 10.1 Å². The van der Waals surface area contributed by atoms with Crippen LogP contribution in [0.5, 0.6) is 0 Å². The van der Waals surface area contributed by atoms with E-state index >= 15 is 0 Å². The summed E-state index contributed by atoms with van der Waals surface area (Å²) in [5, 5.41) is 21.3. The number of benzene rings is 1. The van der Waals surface area contributed by atoms with Gasteiger partial charge in [0.1, 0.15) is 11.3 Å². The molecule has 1 aromatic heterocycles. The molecule has 25 heavy (non-hydrogen) atoms. The molecule has 2 aromatic rings. The van der Waals surface area contributed by atoms with E-state index in [1.807, 2.05) is 0 Å². The zero-order valence-corrected chi connectivity index (χ0v) is 14.1. The molecule has 0 radical (unpaired) electrons. The molecule has 2 heterocycles. The Morgan fingerprint density at radius 1 is 1.32 bits per heavy atom. The average molecular weight is 344 g/mol. The van der Waals surface area contributed by atoms with Gasteiger partial charge in [-0.05, 0) is 38.3 Å². The van der Waals surface area contributed by atoms with Crippen LogP contribution in [0.2, 0.25) is 0 Å². The molecule has 1 atom stereocenters. The second kappa shape index (κ2) is 6.38. The number of nitro groups is 1. The maximum atomic E-state index is 11.4. The molecule has 3 rings (SSSR count). The number of ether oxygens (including phenoxy) is 1. The topological polar surface area (TPSA) is 124 Å². The molecule has 8 heteroatoms. The summed E-state index contributed by atoms with van der Waals surface area (Å²) in [6.45, 7) is 3.79. The smallest absolute Gasteiger partial charge is 0.293 e. The summed E-state index contributed by atoms with van der Waals surface area (Å²) in [5.74, 6) is 0.278. The van der Waals surface area contributed by atoms with E-state index in [4.69, 9.17) is 10.5 Å². The van der Waals surface area contributed by atoms with E-state index in [1.54, 1.807) is 19.9 Å². The largest absolute Gasteiger partial charge is 0.393 e. The number of hydrogen-bond donors (Lipinski definition) is 2. The Bertz CT molecular complexity index is 794. The Morgan fingerprint density at radius 3 is 2.52 bits per heavy atom. The van der Waals surface area contributed by atoms with E-state index in [0.717, 1.165) is 12.8 Å². The van der Waals surface area contributed by atoms with Crippen molar-refractivity contribution in [1.29, 1.82) is 0 Å². The van der Waals surface area contributed by atoms with Crippen molar-refractivity contribution in [3.8, 4) is 11.1 Å². The van der Waals surface area contributed by atoms with E-state index in [2.05, 4.69) is 9.97 Å². The number of nitrogens with zero attached hydrogens (tertiary/aromatic N) is 3. The van der Waals surface area contributed by atoms with E-state index in [-0.39, 0.29) is 23.3 Å². The van der Waals surface area contributed by atoms with Gasteiger partial charge >= 0.3 is 0 Å². The zero-order chi connectivity index (χ0) is 18.2. The van der Waals surface area contributed by atoms with Crippen molar-refractivity contribution in [2.24, 2.45) is 0 Å². The van der Waals surface area contributed by atoms with Crippen LogP contribution in [-0.4, -0.2) is 26.6 Å². The molecular formula is C17H20N4O4. The molecule has 0 saturated carbocycles. The van der Waals surface area contributed by atoms with E-state index in [9.17, 15) is 15.2 Å².